The van der Waals surface area contributed by atoms with E-state index in [0.29, 0.717) is 24.6 Å². The third-order valence-corrected chi connectivity index (χ3v) is 5.85. The maximum Gasteiger partial charge on any atom is 0.416 e. The summed E-state index contributed by atoms with van der Waals surface area (Å²) in [7, 11) is -4.81. The predicted molar refractivity (Wildman–Crippen MR) is 122 cm³/mol. The van der Waals surface area contributed by atoms with Gasteiger partial charge in [-0.2, -0.15) is 26.7 Å². The zero-order chi connectivity index (χ0) is 24.8. The van der Waals surface area contributed by atoms with E-state index in [-0.39, 0.29) is 29.0 Å². The van der Waals surface area contributed by atoms with Gasteiger partial charge in [0.25, 0.3) is 10.1 Å². The molecule has 0 saturated heterocycles. The number of carbonyl (C=O) groups excluding carboxylic acids is 1. The Balaban J connectivity index is 1.79. The molecule has 3 aromatic carbocycles. The third-order valence-electron chi connectivity index (χ3n) is 4.94. The molecule has 0 aliphatic carbocycles. The summed E-state index contributed by atoms with van der Waals surface area (Å²) >= 11 is 0. The highest BCUT2D eigenvalue weighted by atomic mass is 32.2. The lowest BCUT2D eigenvalue weighted by atomic mass is 9.98. The highest BCUT2D eigenvalue weighted by Gasteiger charge is 2.32. The van der Waals surface area contributed by atoms with Crippen LogP contribution in [0, 0.1) is 0 Å². The van der Waals surface area contributed by atoms with E-state index in [1.54, 1.807) is 6.07 Å². The van der Waals surface area contributed by atoms with Crippen LogP contribution in [0.3, 0.4) is 0 Å². The fourth-order valence-electron chi connectivity index (χ4n) is 3.32. The van der Waals surface area contributed by atoms with Crippen molar-refractivity contribution in [1.29, 1.82) is 0 Å². The highest BCUT2D eigenvalue weighted by molar-refractivity contribution is 7.86. The van der Waals surface area contributed by atoms with Gasteiger partial charge < -0.3 is 0 Å². The summed E-state index contributed by atoms with van der Waals surface area (Å²) < 4.78 is 72.8. The van der Waals surface area contributed by atoms with Crippen LogP contribution in [0.5, 0.6) is 0 Å². The van der Waals surface area contributed by atoms with Gasteiger partial charge in [-0.25, -0.2) is 5.43 Å². The van der Waals surface area contributed by atoms with Gasteiger partial charge in [0.1, 0.15) is 4.90 Å². The minimum Gasteiger partial charge on any atom is -0.282 e. The molecule has 1 amide bonds. The van der Waals surface area contributed by atoms with Crippen molar-refractivity contribution < 1.29 is 30.9 Å². The van der Waals surface area contributed by atoms with E-state index in [1.807, 2.05) is 30.3 Å². The number of benzene rings is 3. The zero-order valence-electron chi connectivity index (χ0n) is 17.8. The Morgan fingerprint density at radius 1 is 0.971 bits per heavy atom. The first-order valence-corrected chi connectivity index (χ1v) is 11.6. The molecule has 0 heterocycles. The van der Waals surface area contributed by atoms with Crippen molar-refractivity contribution in [2.24, 2.45) is 5.10 Å². The lowest BCUT2D eigenvalue weighted by Crippen LogP contribution is -2.17. The summed E-state index contributed by atoms with van der Waals surface area (Å²) in [5.74, 6) is -0.345. The second kappa shape index (κ2) is 10.6. The van der Waals surface area contributed by atoms with Gasteiger partial charge in [-0.1, -0.05) is 54.6 Å². The summed E-state index contributed by atoms with van der Waals surface area (Å²) in [6, 6.07) is 17.6. The molecule has 2 N–H and O–H groups in total. The van der Waals surface area contributed by atoms with Crippen LogP contribution in [0.4, 0.5) is 13.2 Å². The molecule has 0 bridgehead atoms. The smallest absolute Gasteiger partial charge is 0.282 e. The van der Waals surface area contributed by atoms with Crippen molar-refractivity contribution >= 4 is 22.2 Å². The number of nitrogens with one attached hydrogen (secondary N) is 1. The van der Waals surface area contributed by atoms with Crippen LogP contribution in [0.2, 0.25) is 0 Å². The van der Waals surface area contributed by atoms with E-state index in [9.17, 15) is 30.9 Å². The Bertz CT molecular complexity index is 1290. The molecule has 34 heavy (non-hydrogen) atoms. The molecule has 178 valence electrons. The van der Waals surface area contributed by atoms with Crippen molar-refractivity contribution in [3.8, 4) is 11.1 Å². The Kier molecular flexibility index (Phi) is 7.85. The normalized spacial score (nSPS) is 12.1. The van der Waals surface area contributed by atoms with Crippen molar-refractivity contribution in [1.82, 2.24) is 5.43 Å². The number of hydrogen-bond donors (Lipinski definition) is 2. The first kappa shape index (κ1) is 25.1. The zero-order valence-corrected chi connectivity index (χ0v) is 18.6. The summed E-state index contributed by atoms with van der Waals surface area (Å²) in [4.78, 5) is 11.4. The molecular weight excluding hydrogens is 469 g/mol. The molecule has 0 aromatic heterocycles. The van der Waals surface area contributed by atoms with Gasteiger partial charge in [-0.15, -0.1) is 0 Å². The van der Waals surface area contributed by atoms with Crippen LogP contribution < -0.4 is 5.43 Å². The molecule has 0 radical (unpaired) electrons. The summed E-state index contributed by atoms with van der Waals surface area (Å²) in [5.41, 5.74) is 2.38. The number of nitrogens with zero attached hydrogens (tertiary/aromatic N) is 1. The second-order valence-corrected chi connectivity index (χ2v) is 8.79. The summed E-state index contributed by atoms with van der Waals surface area (Å²) in [6.45, 7) is 0. The number of amides is 1. The first-order chi connectivity index (χ1) is 16.1. The van der Waals surface area contributed by atoms with E-state index >= 15 is 0 Å². The van der Waals surface area contributed by atoms with E-state index < -0.39 is 26.8 Å². The average molecular weight is 491 g/mol. The second-order valence-electron chi connectivity index (χ2n) is 7.40. The topological polar surface area (TPSA) is 95.8 Å². The number of rotatable bonds is 8. The lowest BCUT2D eigenvalue weighted by Gasteiger charge is -2.14. The molecule has 0 spiro atoms. The summed E-state index contributed by atoms with van der Waals surface area (Å²) in [5, 5.41) is 3.86. The number of hydrogen-bond acceptors (Lipinski definition) is 4. The molecule has 0 aliphatic heterocycles. The number of alkyl halides is 3. The van der Waals surface area contributed by atoms with E-state index in [1.165, 1.54) is 24.4 Å². The SMILES string of the molecule is O=C(CCCc1ccccc1)N/N=C\c1ccccc1-c1cc(C(F)(F)F)ccc1S(=O)(=O)O. The van der Waals surface area contributed by atoms with Crippen LogP contribution in [0.1, 0.15) is 29.5 Å². The molecule has 0 saturated carbocycles. The van der Waals surface area contributed by atoms with Crippen molar-refractivity contribution in [2.75, 3.05) is 0 Å². The molecule has 3 rings (SSSR count). The van der Waals surface area contributed by atoms with Crippen molar-refractivity contribution in [3.05, 3.63) is 89.5 Å². The quantitative estimate of drug-likeness (QED) is 0.261. The first-order valence-electron chi connectivity index (χ1n) is 10.2. The fourth-order valence-corrected chi connectivity index (χ4v) is 4.01. The van der Waals surface area contributed by atoms with Gasteiger partial charge in [-0.3, -0.25) is 9.35 Å². The summed E-state index contributed by atoms with van der Waals surface area (Å²) in [6.07, 6.45) is -1.98. The van der Waals surface area contributed by atoms with Crippen LogP contribution in [0.25, 0.3) is 11.1 Å². The van der Waals surface area contributed by atoms with Crippen molar-refractivity contribution in [2.45, 2.75) is 30.3 Å². The van der Waals surface area contributed by atoms with Gasteiger partial charge in [0, 0.05) is 17.5 Å². The molecule has 0 fully saturated rings. The number of hydrazone groups is 1. The Morgan fingerprint density at radius 3 is 2.32 bits per heavy atom. The maximum absolute atomic E-state index is 13.2. The lowest BCUT2D eigenvalue weighted by molar-refractivity contribution is -0.137. The van der Waals surface area contributed by atoms with Crippen molar-refractivity contribution in [3.63, 3.8) is 0 Å². The Hall–Kier alpha value is -3.50. The third kappa shape index (κ3) is 6.75. The molecule has 0 atom stereocenters. The van der Waals surface area contributed by atoms with Crippen LogP contribution in [-0.4, -0.2) is 25.1 Å². The Morgan fingerprint density at radius 2 is 1.65 bits per heavy atom. The average Bonchev–Trinajstić information content (AvgIpc) is 2.78. The maximum atomic E-state index is 13.2. The van der Waals surface area contributed by atoms with Gasteiger partial charge in [0.15, 0.2) is 0 Å². The highest BCUT2D eigenvalue weighted by Crippen LogP contribution is 2.36. The standard InChI is InChI=1S/C24H21F3N2O4S/c25-24(26,27)19-13-14-22(34(31,32)33)21(15-19)20-11-5-4-10-18(20)16-28-29-23(30)12-6-9-17-7-2-1-3-8-17/h1-5,7-8,10-11,13-16H,6,9,12H2,(H,29,30)(H,31,32,33)/b28-16-. The van der Waals surface area contributed by atoms with E-state index in [4.69, 9.17) is 0 Å². The largest absolute Gasteiger partial charge is 0.416 e. The molecular formula is C24H21F3N2O4S. The van der Waals surface area contributed by atoms with Gasteiger partial charge in [0.2, 0.25) is 5.91 Å². The van der Waals surface area contributed by atoms with Crippen LogP contribution in [0.15, 0.2) is 82.8 Å². The predicted octanol–water partition coefficient (Wildman–Crippen LogP) is 5.09. The van der Waals surface area contributed by atoms with E-state index in [0.717, 1.165) is 12.0 Å². The fraction of sp³-hybridized carbons (Fsp3) is 0.167. The number of carbonyl (C=O) groups is 1. The van der Waals surface area contributed by atoms with Crippen LogP contribution >= 0.6 is 0 Å². The molecule has 0 unspecified atom stereocenters. The molecule has 3 aromatic rings. The van der Waals surface area contributed by atoms with Gasteiger partial charge in [0.05, 0.1) is 11.8 Å². The Labute approximate surface area is 194 Å². The molecule has 6 nitrogen and oxygen atoms in total. The van der Waals surface area contributed by atoms with Gasteiger partial charge >= 0.3 is 6.18 Å². The van der Waals surface area contributed by atoms with Crippen LogP contribution in [-0.2, 0) is 27.5 Å². The number of halogens is 3. The monoisotopic (exact) mass is 490 g/mol. The van der Waals surface area contributed by atoms with E-state index in [2.05, 4.69) is 10.5 Å². The molecule has 10 heteroatoms. The number of aryl methyl sites for hydroxylation is 1. The van der Waals surface area contributed by atoms with Gasteiger partial charge in [-0.05, 0) is 42.2 Å². The molecule has 0 aliphatic rings. The minimum absolute atomic E-state index is 0.0864. The minimum atomic E-state index is -4.81.